The Bertz CT molecular complexity index is 2030. The Labute approximate surface area is 335 Å². The molecule has 2 N–H and O–H groups in total. The van der Waals surface area contributed by atoms with Crippen LogP contribution >= 0.6 is 0 Å². The first-order valence-electron chi connectivity index (χ1n) is 19.9. The Balaban J connectivity index is 1.06. The first-order valence-corrected chi connectivity index (χ1v) is 19.9. The molecule has 298 valence electrons. The number of phenolic OH excluding ortho intramolecular Hbond substituents is 2. The number of rotatable bonds is 16. The SMILES string of the molecule is CCC(c1ccc(C(C)(C)C)cc1)c1cc(C)c(OCOCc2cccc(COCOCc3cc(O)c(C(C)c4ccc(C(C)(C)C)cc4)cc3C)c2)cc1O. The highest BCUT2D eigenvalue weighted by atomic mass is 16.7. The topological polar surface area (TPSA) is 77.4 Å². The van der Waals surface area contributed by atoms with Crippen molar-refractivity contribution in [3.05, 3.63) is 158 Å². The van der Waals surface area contributed by atoms with E-state index in [4.69, 9.17) is 18.9 Å². The van der Waals surface area contributed by atoms with Gasteiger partial charge in [0.25, 0.3) is 0 Å². The highest BCUT2D eigenvalue weighted by Crippen LogP contribution is 2.39. The lowest BCUT2D eigenvalue weighted by Gasteiger charge is -2.22. The standard InChI is InChI=1S/C50H62O6/c1-11-43(39-17-21-42(22-18-39)50(8,9)10)45-24-34(3)48(27-47(45)52)56-32-54-29-37-14-12-13-36(25-37)28-53-31-55-30-40-26-46(51)44(23-33(40)2)35(4)38-15-19-41(20-16-38)49(5,6)7/h12-27,35,43,51-52H,11,28-32H2,1-10H3. The van der Waals surface area contributed by atoms with Crippen LogP contribution in [0.5, 0.6) is 17.2 Å². The third-order valence-electron chi connectivity index (χ3n) is 10.8. The van der Waals surface area contributed by atoms with Crippen molar-refractivity contribution in [1.29, 1.82) is 0 Å². The van der Waals surface area contributed by atoms with Crippen molar-refractivity contribution in [2.45, 2.75) is 118 Å². The lowest BCUT2D eigenvalue weighted by molar-refractivity contribution is -0.0691. The maximum atomic E-state index is 11.0. The number of aromatic hydroxyl groups is 2. The van der Waals surface area contributed by atoms with Crippen molar-refractivity contribution in [2.24, 2.45) is 0 Å². The van der Waals surface area contributed by atoms with Crippen LogP contribution in [-0.2, 0) is 44.9 Å². The predicted octanol–water partition coefficient (Wildman–Crippen LogP) is 12.2. The molecule has 0 amide bonds. The Morgan fingerprint density at radius 2 is 1.09 bits per heavy atom. The molecule has 2 atom stereocenters. The zero-order chi connectivity index (χ0) is 40.6. The average molecular weight is 759 g/mol. The quantitative estimate of drug-likeness (QED) is 0.0771. The van der Waals surface area contributed by atoms with E-state index < -0.39 is 0 Å². The summed E-state index contributed by atoms with van der Waals surface area (Å²) in [7, 11) is 0. The predicted molar refractivity (Wildman–Crippen MR) is 227 cm³/mol. The fraction of sp³-hybridized carbons (Fsp3) is 0.400. The van der Waals surface area contributed by atoms with Gasteiger partial charge in [-0.2, -0.15) is 0 Å². The van der Waals surface area contributed by atoms with Crippen molar-refractivity contribution >= 4 is 0 Å². The van der Waals surface area contributed by atoms with Crippen LogP contribution in [0.25, 0.3) is 0 Å². The van der Waals surface area contributed by atoms with Gasteiger partial charge in [0.2, 0.25) is 0 Å². The molecule has 0 saturated heterocycles. The van der Waals surface area contributed by atoms with E-state index in [0.717, 1.165) is 45.4 Å². The van der Waals surface area contributed by atoms with Crippen molar-refractivity contribution in [2.75, 3.05) is 13.6 Å². The summed E-state index contributed by atoms with van der Waals surface area (Å²) in [5.74, 6) is 1.25. The van der Waals surface area contributed by atoms with Gasteiger partial charge in [0.05, 0.1) is 19.8 Å². The van der Waals surface area contributed by atoms with Gasteiger partial charge in [-0.15, -0.1) is 0 Å². The minimum atomic E-state index is 0.0546. The highest BCUT2D eigenvalue weighted by Gasteiger charge is 2.21. The molecule has 6 nitrogen and oxygen atoms in total. The number of hydrogen-bond acceptors (Lipinski definition) is 6. The number of phenols is 2. The second-order valence-electron chi connectivity index (χ2n) is 17.2. The molecule has 5 rings (SSSR count). The number of hydrogen-bond donors (Lipinski definition) is 2. The molecular weight excluding hydrogens is 697 g/mol. The molecule has 0 fully saturated rings. The summed E-state index contributed by atoms with van der Waals surface area (Å²) in [5, 5.41) is 22.0. The van der Waals surface area contributed by atoms with Gasteiger partial charge in [-0.1, -0.05) is 134 Å². The molecule has 0 aliphatic heterocycles. The lowest BCUT2D eigenvalue weighted by atomic mass is 9.83. The number of benzene rings is 5. The second kappa shape index (κ2) is 18.5. The molecule has 6 heteroatoms. The van der Waals surface area contributed by atoms with Gasteiger partial charge in [0, 0.05) is 29.0 Å². The van der Waals surface area contributed by atoms with Gasteiger partial charge in [-0.25, -0.2) is 0 Å². The molecule has 0 aromatic heterocycles. The van der Waals surface area contributed by atoms with Crippen LogP contribution in [0.2, 0.25) is 0 Å². The van der Waals surface area contributed by atoms with E-state index >= 15 is 0 Å². The Morgan fingerprint density at radius 3 is 1.66 bits per heavy atom. The van der Waals surface area contributed by atoms with Crippen LogP contribution in [-0.4, -0.2) is 23.8 Å². The van der Waals surface area contributed by atoms with Crippen molar-refractivity contribution < 1.29 is 29.2 Å². The monoisotopic (exact) mass is 758 g/mol. The van der Waals surface area contributed by atoms with Crippen LogP contribution in [0.1, 0.15) is 135 Å². The molecule has 0 spiro atoms. The minimum absolute atomic E-state index is 0.0546. The Morgan fingerprint density at radius 1 is 0.571 bits per heavy atom. The third kappa shape index (κ3) is 11.0. The molecule has 0 aliphatic carbocycles. The molecule has 0 aliphatic rings. The Hall–Kier alpha value is -4.62. The summed E-state index contributed by atoms with van der Waals surface area (Å²) in [6.07, 6.45) is 0.871. The summed E-state index contributed by atoms with van der Waals surface area (Å²) < 4.78 is 23.5. The molecule has 56 heavy (non-hydrogen) atoms. The first-order chi connectivity index (χ1) is 26.5. The normalized spacial score (nSPS) is 13.1. The van der Waals surface area contributed by atoms with Gasteiger partial charge < -0.3 is 29.2 Å². The van der Waals surface area contributed by atoms with Gasteiger partial charge in [0.1, 0.15) is 24.0 Å². The molecule has 5 aromatic carbocycles. The van der Waals surface area contributed by atoms with E-state index in [0.29, 0.717) is 25.6 Å². The summed E-state index contributed by atoms with van der Waals surface area (Å²) in [6, 6.07) is 33.1. The summed E-state index contributed by atoms with van der Waals surface area (Å²) >= 11 is 0. The smallest absolute Gasteiger partial charge is 0.189 e. The van der Waals surface area contributed by atoms with Crippen LogP contribution in [0.4, 0.5) is 0 Å². The van der Waals surface area contributed by atoms with Crippen LogP contribution < -0.4 is 4.74 Å². The van der Waals surface area contributed by atoms with Crippen molar-refractivity contribution in [1.82, 2.24) is 0 Å². The van der Waals surface area contributed by atoms with Gasteiger partial charge >= 0.3 is 0 Å². The van der Waals surface area contributed by atoms with E-state index in [1.165, 1.54) is 22.3 Å². The largest absolute Gasteiger partial charge is 0.508 e. The molecule has 0 bridgehead atoms. The van der Waals surface area contributed by atoms with Crippen molar-refractivity contribution in [3.8, 4) is 17.2 Å². The second-order valence-corrected chi connectivity index (χ2v) is 17.2. The lowest BCUT2D eigenvalue weighted by Crippen LogP contribution is -2.11. The highest BCUT2D eigenvalue weighted by molar-refractivity contribution is 5.50. The minimum Gasteiger partial charge on any atom is -0.508 e. The number of aryl methyl sites for hydroxylation is 2. The van der Waals surface area contributed by atoms with E-state index in [-0.39, 0.29) is 47.8 Å². The summed E-state index contributed by atoms with van der Waals surface area (Å²) in [6.45, 7) is 22.9. The zero-order valence-electron chi connectivity index (χ0n) is 35.2. The fourth-order valence-corrected chi connectivity index (χ4v) is 7.14. The summed E-state index contributed by atoms with van der Waals surface area (Å²) in [5.41, 5.74) is 11.9. The van der Waals surface area contributed by atoms with Gasteiger partial charge in [-0.05, 0) is 93.3 Å². The maximum absolute atomic E-state index is 11.0. The molecule has 5 aromatic rings. The van der Waals surface area contributed by atoms with E-state index in [1.54, 1.807) is 6.07 Å². The Kier molecular flexibility index (Phi) is 14.1. The molecule has 0 heterocycles. The van der Waals surface area contributed by atoms with Crippen LogP contribution in [0, 0.1) is 13.8 Å². The summed E-state index contributed by atoms with van der Waals surface area (Å²) in [4.78, 5) is 0. The van der Waals surface area contributed by atoms with E-state index in [9.17, 15) is 10.2 Å². The van der Waals surface area contributed by atoms with Crippen molar-refractivity contribution in [3.63, 3.8) is 0 Å². The average Bonchev–Trinajstić information content (AvgIpc) is 3.16. The maximum Gasteiger partial charge on any atom is 0.189 e. The molecule has 2 unspecified atom stereocenters. The van der Waals surface area contributed by atoms with E-state index in [1.807, 2.05) is 50.2 Å². The van der Waals surface area contributed by atoms with E-state index in [2.05, 4.69) is 110 Å². The molecule has 0 radical (unpaired) electrons. The van der Waals surface area contributed by atoms with Crippen LogP contribution in [0.15, 0.2) is 97.1 Å². The molecular formula is C50H62O6. The third-order valence-corrected chi connectivity index (χ3v) is 10.8. The molecule has 0 saturated carbocycles. The van der Waals surface area contributed by atoms with Gasteiger partial charge in [-0.3, -0.25) is 0 Å². The van der Waals surface area contributed by atoms with Gasteiger partial charge in [0.15, 0.2) is 6.79 Å². The number of ether oxygens (including phenoxy) is 4. The fourth-order valence-electron chi connectivity index (χ4n) is 7.14. The first kappa shape index (κ1) is 42.5. The zero-order valence-corrected chi connectivity index (χ0v) is 35.2. The van der Waals surface area contributed by atoms with Crippen LogP contribution in [0.3, 0.4) is 0 Å².